The molecule has 1 amide bonds. The summed E-state index contributed by atoms with van der Waals surface area (Å²) in [5.41, 5.74) is 1.21. The number of nitrogens with zero attached hydrogens (tertiary/aromatic N) is 3. The minimum absolute atomic E-state index is 0.346. The van der Waals surface area contributed by atoms with Crippen LogP contribution in [0.4, 0.5) is 4.79 Å². The number of hydrogen-bond acceptors (Lipinski definition) is 4. The van der Waals surface area contributed by atoms with Crippen molar-refractivity contribution < 1.29 is 14.3 Å². The second-order valence-corrected chi connectivity index (χ2v) is 5.56. The van der Waals surface area contributed by atoms with Gasteiger partial charge in [-0.05, 0) is 27.7 Å². The Labute approximate surface area is 112 Å². The van der Waals surface area contributed by atoms with Crippen molar-refractivity contribution in [2.24, 2.45) is 0 Å². The molecule has 0 bridgehead atoms. The van der Waals surface area contributed by atoms with Gasteiger partial charge in [-0.2, -0.15) is 0 Å². The van der Waals surface area contributed by atoms with E-state index in [2.05, 4.69) is 4.98 Å². The first-order valence-corrected chi connectivity index (χ1v) is 6.37. The predicted molar refractivity (Wildman–Crippen MR) is 68.8 cm³/mol. The van der Waals surface area contributed by atoms with Crippen molar-refractivity contribution in [3.8, 4) is 0 Å². The van der Waals surface area contributed by atoms with Crippen LogP contribution in [0.2, 0.25) is 0 Å². The van der Waals surface area contributed by atoms with Gasteiger partial charge in [0.1, 0.15) is 5.60 Å². The lowest BCUT2D eigenvalue weighted by atomic mass is 10.2. The first-order valence-electron chi connectivity index (χ1n) is 6.37. The van der Waals surface area contributed by atoms with Gasteiger partial charge in [-0.3, -0.25) is 9.69 Å². The highest BCUT2D eigenvalue weighted by atomic mass is 16.6. The number of aldehydes is 1. The van der Waals surface area contributed by atoms with Gasteiger partial charge in [0.15, 0.2) is 12.1 Å². The van der Waals surface area contributed by atoms with E-state index in [9.17, 15) is 9.59 Å². The maximum Gasteiger partial charge on any atom is 0.410 e. The highest BCUT2D eigenvalue weighted by Gasteiger charge is 2.31. The lowest BCUT2D eigenvalue weighted by Gasteiger charge is -2.24. The Hall–Kier alpha value is -1.85. The fourth-order valence-electron chi connectivity index (χ4n) is 2.18. The Morgan fingerprint density at radius 1 is 1.42 bits per heavy atom. The smallest absolute Gasteiger partial charge is 0.410 e. The number of aromatic nitrogens is 2. The summed E-state index contributed by atoms with van der Waals surface area (Å²) in [4.78, 5) is 28.7. The second-order valence-electron chi connectivity index (χ2n) is 5.56. The number of fused-ring (bicyclic) bond motifs is 1. The van der Waals surface area contributed by atoms with E-state index >= 15 is 0 Å². The molecule has 0 N–H and O–H groups in total. The van der Waals surface area contributed by atoms with E-state index in [4.69, 9.17) is 4.74 Å². The van der Waals surface area contributed by atoms with E-state index in [1.807, 2.05) is 32.3 Å². The van der Waals surface area contributed by atoms with Crippen LogP contribution in [-0.2, 0) is 24.4 Å². The summed E-state index contributed by atoms with van der Waals surface area (Å²) in [5.74, 6) is 0.427. The van der Waals surface area contributed by atoms with Crippen molar-refractivity contribution in [3.63, 3.8) is 0 Å². The van der Waals surface area contributed by atoms with Crippen molar-refractivity contribution in [1.82, 2.24) is 14.5 Å². The monoisotopic (exact) mass is 265 g/mol. The Balaban J connectivity index is 2.15. The number of ether oxygens (including phenoxy) is 1. The average molecular weight is 265 g/mol. The fraction of sp³-hybridized carbons (Fsp3) is 0.615. The lowest BCUT2D eigenvalue weighted by molar-refractivity contribution is 0.0237. The molecule has 1 aromatic rings. The molecule has 1 aromatic heterocycles. The van der Waals surface area contributed by atoms with Crippen LogP contribution in [0.3, 0.4) is 0 Å². The number of carbonyl (C=O) groups excluding carboxylic acids is 2. The molecule has 1 aliphatic rings. The molecule has 0 aromatic carbocycles. The van der Waals surface area contributed by atoms with Crippen LogP contribution < -0.4 is 0 Å². The van der Waals surface area contributed by atoms with Gasteiger partial charge in [0.2, 0.25) is 0 Å². The van der Waals surface area contributed by atoms with Gasteiger partial charge in [0, 0.05) is 6.54 Å². The summed E-state index contributed by atoms with van der Waals surface area (Å²) in [6.45, 7) is 8.97. The average Bonchev–Trinajstić information content (AvgIpc) is 2.82. The minimum Gasteiger partial charge on any atom is -0.444 e. The summed E-state index contributed by atoms with van der Waals surface area (Å²) < 4.78 is 7.17. The van der Waals surface area contributed by atoms with Gasteiger partial charge in [0.25, 0.3) is 0 Å². The summed E-state index contributed by atoms with van der Waals surface area (Å²) in [5, 5.41) is 0. The molecule has 0 spiro atoms. The number of amides is 1. The van der Waals surface area contributed by atoms with Crippen molar-refractivity contribution in [2.45, 2.75) is 52.9 Å². The van der Waals surface area contributed by atoms with E-state index in [1.165, 1.54) is 0 Å². The highest BCUT2D eigenvalue weighted by molar-refractivity contribution is 5.72. The van der Waals surface area contributed by atoms with Crippen molar-refractivity contribution in [3.05, 3.63) is 17.2 Å². The lowest BCUT2D eigenvalue weighted by Crippen LogP contribution is -2.33. The Morgan fingerprint density at radius 3 is 2.63 bits per heavy atom. The zero-order valence-electron chi connectivity index (χ0n) is 11.8. The van der Waals surface area contributed by atoms with Crippen molar-refractivity contribution >= 4 is 12.4 Å². The molecule has 2 rings (SSSR count). The largest absolute Gasteiger partial charge is 0.444 e. The first kappa shape index (κ1) is 13.6. The number of carbonyl (C=O) groups is 2. The molecule has 0 unspecified atom stereocenters. The van der Waals surface area contributed by atoms with Gasteiger partial charge >= 0.3 is 6.09 Å². The van der Waals surface area contributed by atoms with E-state index in [0.29, 0.717) is 25.5 Å². The molecule has 104 valence electrons. The van der Waals surface area contributed by atoms with Crippen molar-refractivity contribution in [1.29, 1.82) is 0 Å². The van der Waals surface area contributed by atoms with Crippen LogP contribution in [0.15, 0.2) is 0 Å². The summed E-state index contributed by atoms with van der Waals surface area (Å²) in [7, 11) is 0. The maximum atomic E-state index is 12.0. The number of rotatable bonds is 2. The molecule has 0 radical (unpaired) electrons. The molecule has 0 aliphatic carbocycles. The molecule has 0 atom stereocenters. The molecule has 2 heterocycles. The Morgan fingerprint density at radius 2 is 2.11 bits per heavy atom. The van der Waals surface area contributed by atoms with Gasteiger partial charge in [0.05, 0.1) is 24.5 Å². The zero-order chi connectivity index (χ0) is 14.2. The van der Waals surface area contributed by atoms with E-state index < -0.39 is 5.60 Å². The van der Waals surface area contributed by atoms with Gasteiger partial charge < -0.3 is 9.30 Å². The van der Waals surface area contributed by atoms with Crippen LogP contribution in [0.25, 0.3) is 0 Å². The van der Waals surface area contributed by atoms with Gasteiger partial charge in [-0.15, -0.1) is 0 Å². The van der Waals surface area contributed by atoms with Crippen LogP contribution in [-0.4, -0.2) is 32.4 Å². The molecule has 0 saturated heterocycles. The number of imidazole rings is 1. The topological polar surface area (TPSA) is 64.4 Å². The third-order valence-electron chi connectivity index (χ3n) is 2.94. The summed E-state index contributed by atoms with van der Waals surface area (Å²) in [6, 6.07) is 0. The predicted octanol–water partition coefficient (Wildman–Crippen LogP) is 1.97. The molecule has 19 heavy (non-hydrogen) atoms. The second kappa shape index (κ2) is 4.68. The molecule has 1 aliphatic heterocycles. The molecule has 6 nitrogen and oxygen atoms in total. The molecule has 0 fully saturated rings. The first-order chi connectivity index (χ1) is 8.85. The molecular weight excluding hydrogens is 246 g/mol. The van der Waals surface area contributed by atoms with Crippen LogP contribution in [0, 0.1) is 0 Å². The SMILES string of the molecule is CCn1c(C=O)nc2c1CN(C(=O)OC(C)(C)C)C2. The maximum absolute atomic E-state index is 12.0. The van der Waals surface area contributed by atoms with E-state index in [0.717, 1.165) is 17.7 Å². The molecule has 0 saturated carbocycles. The van der Waals surface area contributed by atoms with Gasteiger partial charge in [-0.25, -0.2) is 9.78 Å². The van der Waals surface area contributed by atoms with Gasteiger partial charge in [-0.1, -0.05) is 0 Å². The quantitative estimate of drug-likeness (QED) is 0.767. The third kappa shape index (κ3) is 2.62. The van der Waals surface area contributed by atoms with Crippen LogP contribution >= 0.6 is 0 Å². The Kier molecular flexibility index (Phi) is 3.34. The zero-order valence-corrected chi connectivity index (χ0v) is 11.8. The Bertz CT molecular complexity index is 514. The highest BCUT2D eigenvalue weighted by Crippen LogP contribution is 2.25. The van der Waals surface area contributed by atoms with E-state index in [1.54, 1.807) is 4.90 Å². The summed E-state index contributed by atoms with van der Waals surface area (Å²) >= 11 is 0. The fourth-order valence-corrected chi connectivity index (χ4v) is 2.18. The third-order valence-corrected chi connectivity index (χ3v) is 2.94. The molecular formula is C13H19N3O3. The van der Waals surface area contributed by atoms with E-state index in [-0.39, 0.29) is 6.09 Å². The summed E-state index contributed by atoms with van der Waals surface area (Å²) in [6.07, 6.45) is 0.403. The minimum atomic E-state index is -0.508. The normalized spacial score (nSPS) is 14.4. The number of hydrogen-bond donors (Lipinski definition) is 0. The van der Waals surface area contributed by atoms with Crippen LogP contribution in [0.5, 0.6) is 0 Å². The van der Waals surface area contributed by atoms with Crippen molar-refractivity contribution in [2.75, 3.05) is 0 Å². The molecule has 6 heteroatoms. The standard InChI is InChI=1S/C13H19N3O3/c1-5-16-10-7-15(12(18)19-13(2,3)4)6-9(10)14-11(16)8-17/h8H,5-7H2,1-4H3. The van der Waals surface area contributed by atoms with Crippen LogP contribution in [0.1, 0.15) is 49.7 Å².